The first kappa shape index (κ1) is 23.6. The summed E-state index contributed by atoms with van der Waals surface area (Å²) < 4.78 is 32.2. The monoisotopic (exact) mass is 492 g/mol. The van der Waals surface area contributed by atoms with E-state index in [1.54, 1.807) is 30.3 Å². The zero-order valence-corrected chi connectivity index (χ0v) is 19.1. The second-order valence-corrected chi connectivity index (χ2v) is 9.19. The predicted molar refractivity (Wildman–Crippen MR) is 124 cm³/mol. The molecule has 0 aliphatic heterocycles. The molecule has 0 radical (unpaired) electrons. The van der Waals surface area contributed by atoms with E-state index in [1.807, 2.05) is 0 Å². The highest BCUT2D eigenvalue weighted by atomic mass is 35.5. The average Bonchev–Trinajstić information content (AvgIpc) is 2.79. The van der Waals surface area contributed by atoms with Gasteiger partial charge >= 0.3 is 5.97 Å². The van der Waals surface area contributed by atoms with Crippen LogP contribution in [0.15, 0.2) is 77.7 Å². The van der Waals surface area contributed by atoms with Gasteiger partial charge in [0.25, 0.3) is 10.0 Å². The topological polar surface area (TPSA) is 92.8 Å². The van der Waals surface area contributed by atoms with Gasteiger partial charge in [0.05, 0.1) is 39.0 Å². The maximum Gasteiger partial charge on any atom is 0.337 e. The van der Waals surface area contributed by atoms with Crippen LogP contribution < -0.4 is 9.62 Å². The Bertz CT molecular complexity index is 1250. The Morgan fingerprint density at radius 2 is 1.59 bits per heavy atom. The number of methoxy groups -OCH3 is 1. The van der Waals surface area contributed by atoms with Gasteiger partial charge in [-0.2, -0.15) is 0 Å². The van der Waals surface area contributed by atoms with E-state index in [-0.39, 0.29) is 31.9 Å². The van der Waals surface area contributed by atoms with Crippen molar-refractivity contribution in [3.05, 3.63) is 88.4 Å². The molecular formula is C22H18Cl2N2O5S. The molecule has 7 nitrogen and oxygen atoms in total. The van der Waals surface area contributed by atoms with Crippen LogP contribution in [0.2, 0.25) is 10.0 Å². The molecule has 0 atom stereocenters. The lowest BCUT2D eigenvalue weighted by molar-refractivity contribution is -0.114. The highest BCUT2D eigenvalue weighted by Crippen LogP contribution is 2.30. The van der Waals surface area contributed by atoms with Gasteiger partial charge in [-0.3, -0.25) is 9.10 Å². The van der Waals surface area contributed by atoms with Crippen LogP contribution in [0.3, 0.4) is 0 Å². The summed E-state index contributed by atoms with van der Waals surface area (Å²) in [7, 11) is -2.89. The number of benzene rings is 3. The molecule has 0 bridgehead atoms. The highest BCUT2D eigenvalue weighted by molar-refractivity contribution is 7.92. The summed E-state index contributed by atoms with van der Waals surface area (Å²) in [6, 6.07) is 18.2. The van der Waals surface area contributed by atoms with Crippen LogP contribution in [0.5, 0.6) is 0 Å². The largest absolute Gasteiger partial charge is 0.465 e. The molecule has 0 aliphatic rings. The molecule has 0 fully saturated rings. The maximum atomic E-state index is 13.3. The number of sulfonamides is 1. The molecule has 1 N–H and O–H groups in total. The van der Waals surface area contributed by atoms with Crippen LogP contribution in [0, 0.1) is 0 Å². The molecule has 10 heteroatoms. The number of nitrogens with one attached hydrogen (secondary N) is 1. The summed E-state index contributed by atoms with van der Waals surface area (Å²) in [4.78, 5) is 24.6. The minimum atomic E-state index is -4.12. The lowest BCUT2D eigenvalue weighted by atomic mass is 10.2. The molecule has 32 heavy (non-hydrogen) atoms. The summed E-state index contributed by atoms with van der Waals surface area (Å²) in [5.41, 5.74) is 0.449. The zero-order chi connectivity index (χ0) is 23.3. The Hall–Kier alpha value is -3.07. The average molecular weight is 493 g/mol. The zero-order valence-electron chi connectivity index (χ0n) is 16.8. The molecular weight excluding hydrogens is 475 g/mol. The van der Waals surface area contributed by atoms with Gasteiger partial charge in [0, 0.05) is 0 Å². The number of carbonyl (C=O) groups is 2. The number of ether oxygens (including phenoxy) is 1. The lowest BCUT2D eigenvalue weighted by Gasteiger charge is -2.25. The van der Waals surface area contributed by atoms with Crippen molar-refractivity contribution in [2.45, 2.75) is 4.90 Å². The standard InChI is InChI=1S/C22H18Cl2N2O5S/c1-31-22(28)15-11-12-17(23)19(13-15)25-21(27)14-26(20-10-6-5-9-18(20)24)32(29,30)16-7-3-2-4-8-16/h2-13H,14H2,1H3,(H,25,27). The van der Waals surface area contributed by atoms with Crippen LogP contribution >= 0.6 is 23.2 Å². The third kappa shape index (κ3) is 5.21. The van der Waals surface area contributed by atoms with Gasteiger partial charge in [0.15, 0.2) is 0 Å². The number of para-hydroxylation sites is 1. The Morgan fingerprint density at radius 1 is 0.938 bits per heavy atom. The van der Waals surface area contributed by atoms with Gasteiger partial charge in [0.2, 0.25) is 5.91 Å². The summed E-state index contributed by atoms with van der Waals surface area (Å²) in [6.07, 6.45) is 0. The number of amides is 1. The highest BCUT2D eigenvalue weighted by Gasteiger charge is 2.28. The normalized spacial score (nSPS) is 11.0. The van der Waals surface area contributed by atoms with E-state index in [0.717, 1.165) is 4.31 Å². The first-order chi connectivity index (χ1) is 15.2. The van der Waals surface area contributed by atoms with Gasteiger partial charge in [-0.15, -0.1) is 0 Å². The maximum absolute atomic E-state index is 13.3. The molecule has 0 aliphatic carbocycles. The first-order valence-electron chi connectivity index (χ1n) is 9.24. The van der Waals surface area contributed by atoms with Crippen molar-refractivity contribution in [2.24, 2.45) is 0 Å². The van der Waals surface area contributed by atoms with Gasteiger partial charge in [-0.25, -0.2) is 13.2 Å². The second kappa shape index (κ2) is 10.0. The quantitative estimate of drug-likeness (QED) is 0.485. The fourth-order valence-corrected chi connectivity index (χ4v) is 4.77. The van der Waals surface area contributed by atoms with Crippen molar-refractivity contribution in [1.29, 1.82) is 0 Å². The van der Waals surface area contributed by atoms with Gasteiger partial charge in [-0.1, -0.05) is 53.5 Å². The van der Waals surface area contributed by atoms with Crippen molar-refractivity contribution in [2.75, 3.05) is 23.3 Å². The minimum absolute atomic E-state index is 0.00144. The summed E-state index contributed by atoms with van der Waals surface area (Å²) in [5.74, 6) is -1.30. The van der Waals surface area contributed by atoms with Crippen LogP contribution in [0.1, 0.15) is 10.4 Å². The number of carbonyl (C=O) groups excluding carboxylic acids is 2. The van der Waals surface area contributed by atoms with Crippen LogP contribution in [0.25, 0.3) is 0 Å². The number of hydrogen-bond donors (Lipinski definition) is 1. The number of rotatable bonds is 7. The van der Waals surface area contributed by atoms with Crippen LogP contribution in [-0.4, -0.2) is 33.9 Å². The Balaban J connectivity index is 1.95. The SMILES string of the molecule is COC(=O)c1ccc(Cl)c(NC(=O)CN(c2ccccc2Cl)S(=O)(=O)c2ccccc2)c1. The van der Waals surface area contributed by atoms with E-state index in [4.69, 9.17) is 23.2 Å². The fraction of sp³-hybridized carbons (Fsp3) is 0.0909. The first-order valence-corrected chi connectivity index (χ1v) is 11.4. The molecule has 0 saturated heterocycles. The van der Waals surface area contributed by atoms with E-state index in [0.29, 0.717) is 0 Å². The lowest BCUT2D eigenvalue weighted by Crippen LogP contribution is -2.38. The van der Waals surface area contributed by atoms with E-state index >= 15 is 0 Å². The summed E-state index contributed by atoms with van der Waals surface area (Å²) >= 11 is 12.4. The molecule has 0 saturated carbocycles. The molecule has 0 heterocycles. The van der Waals surface area contributed by atoms with Gasteiger partial charge in [-0.05, 0) is 42.5 Å². The second-order valence-electron chi connectivity index (χ2n) is 6.51. The number of halogens is 2. The van der Waals surface area contributed by atoms with E-state index < -0.39 is 28.4 Å². The number of nitrogens with zero attached hydrogens (tertiary/aromatic N) is 1. The predicted octanol–water partition coefficient (Wildman–Crippen LogP) is 4.61. The molecule has 0 unspecified atom stereocenters. The minimum Gasteiger partial charge on any atom is -0.465 e. The Kier molecular flexibility index (Phi) is 7.40. The molecule has 3 aromatic rings. The number of esters is 1. The van der Waals surface area contributed by atoms with Crippen molar-refractivity contribution in [1.82, 2.24) is 0 Å². The molecule has 0 aromatic heterocycles. The molecule has 3 aromatic carbocycles. The van der Waals surface area contributed by atoms with E-state index in [9.17, 15) is 18.0 Å². The third-order valence-electron chi connectivity index (χ3n) is 4.40. The summed E-state index contributed by atoms with van der Waals surface area (Å²) in [6.45, 7) is -0.584. The van der Waals surface area contributed by atoms with Crippen molar-refractivity contribution < 1.29 is 22.7 Å². The molecule has 3 rings (SSSR count). The van der Waals surface area contributed by atoms with Crippen molar-refractivity contribution in [3.8, 4) is 0 Å². The number of hydrogen-bond acceptors (Lipinski definition) is 5. The number of anilines is 2. The molecule has 166 valence electrons. The van der Waals surface area contributed by atoms with Crippen LogP contribution in [-0.2, 0) is 19.6 Å². The van der Waals surface area contributed by atoms with E-state index in [2.05, 4.69) is 10.1 Å². The fourth-order valence-electron chi connectivity index (χ4n) is 2.86. The smallest absolute Gasteiger partial charge is 0.337 e. The molecule has 1 amide bonds. The molecule has 0 spiro atoms. The van der Waals surface area contributed by atoms with Gasteiger partial charge < -0.3 is 10.1 Å². The van der Waals surface area contributed by atoms with Gasteiger partial charge in [0.1, 0.15) is 6.54 Å². The van der Waals surface area contributed by atoms with Crippen LogP contribution in [0.4, 0.5) is 11.4 Å². The summed E-state index contributed by atoms with van der Waals surface area (Å²) in [5, 5.41) is 2.87. The third-order valence-corrected chi connectivity index (χ3v) is 6.82. The Morgan fingerprint density at radius 3 is 2.25 bits per heavy atom. The Labute approximate surface area is 195 Å². The van der Waals surface area contributed by atoms with Crippen molar-refractivity contribution >= 4 is 56.5 Å². The van der Waals surface area contributed by atoms with Crippen molar-refractivity contribution in [3.63, 3.8) is 0 Å². The van der Waals surface area contributed by atoms with E-state index in [1.165, 1.54) is 49.6 Å².